The smallest absolute Gasteiger partial charge is 0.339 e. The highest BCUT2D eigenvalue weighted by Gasteiger charge is 2.23. The Balaban J connectivity index is 2.55. The number of Topliss-reactive ketones (excluding diaryl/α,β-unsaturated/α-hetero) is 1. The van der Waals surface area contributed by atoms with Crippen molar-refractivity contribution in [1.29, 1.82) is 0 Å². The summed E-state index contributed by atoms with van der Waals surface area (Å²) in [5.74, 6) is -0.440. The summed E-state index contributed by atoms with van der Waals surface area (Å²) in [5.41, 5.74) is 7.87. The summed E-state index contributed by atoms with van der Waals surface area (Å²) in [7, 11) is 1.29. The third kappa shape index (κ3) is 1.48. The van der Waals surface area contributed by atoms with Crippen LogP contribution >= 0.6 is 0 Å². The summed E-state index contributed by atoms with van der Waals surface area (Å²) in [6, 6.07) is 3.22. The van der Waals surface area contributed by atoms with Crippen molar-refractivity contribution in [3.8, 4) is 0 Å². The van der Waals surface area contributed by atoms with E-state index in [4.69, 9.17) is 5.73 Å². The van der Waals surface area contributed by atoms with Crippen molar-refractivity contribution in [1.82, 2.24) is 0 Å². The Kier molecular flexibility index (Phi) is 2.19. The Morgan fingerprint density at radius 3 is 2.80 bits per heavy atom. The maximum absolute atomic E-state index is 11.4. The van der Waals surface area contributed by atoms with E-state index in [9.17, 15) is 9.59 Å². The van der Waals surface area contributed by atoms with Gasteiger partial charge in [0, 0.05) is 17.7 Å². The molecule has 0 saturated carbocycles. The van der Waals surface area contributed by atoms with Crippen molar-refractivity contribution >= 4 is 17.4 Å². The summed E-state index contributed by atoms with van der Waals surface area (Å²) in [6.07, 6.45) is 1.21. The van der Waals surface area contributed by atoms with Gasteiger partial charge in [0.25, 0.3) is 0 Å². The summed E-state index contributed by atoms with van der Waals surface area (Å²) in [6.45, 7) is 0. The molecular formula is C11H11NO3. The minimum atomic E-state index is -0.505. The second kappa shape index (κ2) is 3.38. The topological polar surface area (TPSA) is 69.4 Å². The number of rotatable bonds is 1. The predicted molar refractivity (Wildman–Crippen MR) is 54.8 cm³/mol. The van der Waals surface area contributed by atoms with Crippen LogP contribution < -0.4 is 5.73 Å². The fraction of sp³-hybridized carbons (Fsp3) is 0.273. The number of methoxy groups -OCH3 is 1. The van der Waals surface area contributed by atoms with Crippen LogP contribution in [0.5, 0.6) is 0 Å². The average Bonchev–Trinajstić information content (AvgIpc) is 2.58. The molecule has 0 amide bonds. The van der Waals surface area contributed by atoms with Gasteiger partial charge in [0.2, 0.25) is 0 Å². The maximum Gasteiger partial charge on any atom is 0.339 e. The van der Waals surface area contributed by atoms with Crippen molar-refractivity contribution < 1.29 is 14.3 Å². The Hall–Kier alpha value is -1.84. The quantitative estimate of drug-likeness (QED) is 0.552. The Morgan fingerprint density at radius 1 is 1.40 bits per heavy atom. The van der Waals surface area contributed by atoms with Crippen molar-refractivity contribution in [2.24, 2.45) is 0 Å². The molecule has 0 spiro atoms. The van der Waals surface area contributed by atoms with Gasteiger partial charge in [-0.25, -0.2) is 4.79 Å². The number of fused-ring (bicyclic) bond motifs is 1. The van der Waals surface area contributed by atoms with Gasteiger partial charge in [0.15, 0.2) is 5.78 Å². The van der Waals surface area contributed by atoms with Gasteiger partial charge in [0.05, 0.1) is 12.7 Å². The molecule has 0 unspecified atom stereocenters. The Labute approximate surface area is 87.0 Å². The van der Waals surface area contributed by atoms with Crippen LogP contribution in [0.2, 0.25) is 0 Å². The summed E-state index contributed by atoms with van der Waals surface area (Å²) in [4.78, 5) is 22.8. The lowest BCUT2D eigenvalue weighted by atomic mass is 10.0. The first-order chi connectivity index (χ1) is 7.13. The van der Waals surface area contributed by atoms with Gasteiger partial charge in [-0.2, -0.15) is 0 Å². The van der Waals surface area contributed by atoms with E-state index in [0.29, 0.717) is 24.1 Å². The second-order valence-corrected chi connectivity index (χ2v) is 3.51. The van der Waals surface area contributed by atoms with Crippen molar-refractivity contribution in [2.75, 3.05) is 12.8 Å². The second-order valence-electron chi connectivity index (χ2n) is 3.51. The monoisotopic (exact) mass is 205 g/mol. The van der Waals surface area contributed by atoms with E-state index in [-0.39, 0.29) is 11.3 Å². The molecule has 2 N–H and O–H groups in total. The molecule has 0 heterocycles. The fourth-order valence-electron chi connectivity index (χ4n) is 1.80. The van der Waals surface area contributed by atoms with Crippen LogP contribution in [0.3, 0.4) is 0 Å². The third-order valence-corrected chi connectivity index (χ3v) is 2.60. The van der Waals surface area contributed by atoms with Gasteiger partial charge in [-0.15, -0.1) is 0 Å². The van der Waals surface area contributed by atoms with Crippen LogP contribution in [-0.2, 0) is 11.2 Å². The summed E-state index contributed by atoms with van der Waals surface area (Å²) in [5, 5.41) is 0. The van der Waals surface area contributed by atoms with E-state index in [1.165, 1.54) is 13.2 Å². The molecule has 4 heteroatoms. The van der Waals surface area contributed by atoms with E-state index in [0.717, 1.165) is 5.56 Å². The molecule has 78 valence electrons. The van der Waals surface area contributed by atoms with Crippen LogP contribution in [0.4, 0.5) is 5.69 Å². The van der Waals surface area contributed by atoms with E-state index >= 15 is 0 Å². The molecule has 0 aromatic heterocycles. The first-order valence-electron chi connectivity index (χ1n) is 4.67. The van der Waals surface area contributed by atoms with Crippen LogP contribution in [0.1, 0.15) is 32.7 Å². The number of carbonyl (C=O) groups excluding carboxylic acids is 2. The highest BCUT2D eigenvalue weighted by Crippen LogP contribution is 2.27. The number of hydrogen-bond donors (Lipinski definition) is 1. The standard InChI is InChI=1S/C11H11NO3/c1-15-11(14)8-5-7-6(4-9(8)12)2-3-10(7)13/h4-5H,2-3,12H2,1H3. The number of aryl methyl sites for hydroxylation is 1. The molecular weight excluding hydrogens is 194 g/mol. The molecule has 4 nitrogen and oxygen atoms in total. The normalized spacial score (nSPS) is 13.8. The summed E-state index contributed by atoms with van der Waals surface area (Å²) < 4.78 is 4.58. The lowest BCUT2D eigenvalue weighted by Gasteiger charge is -2.06. The molecule has 0 fully saturated rings. The van der Waals surface area contributed by atoms with Gasteiger partial charge < -0.3 is 10.5 Å². The number of nitrogens with two attached hydrogens (primary N) is 1. The molecule has 0 aliphatic heterocycles. The van der Waals surface area contributed by atoms with Crippen LogP contribution in [0.25, 0.3) is 0 Å². The van der Waals surface area contributed by atoms with Crippen LogP contribution in [0.15, 0.2) is 12.1 Å². The van der Waals surface area contributed by atoms with E-state index in [1.807, 2.05) is 0 Å². The molecule has 0 bridgehead atoms. The third-order valence-electron chi connectivity index (χ3n) is 2.60. The molecule has 0 atom stereocenters. The van der Waals surface area contributed by atoms with Gasteiger partial charge in [-0.3, -0.25) is 4.79 Å². The largest absolute Gasteiger partial charge is 0.465 e. The minimum Gasteiger partial charge on any atom is -0.465 e. The number of hydrogen-bond acceptors (Lipinski definition) is 4. The molecule has 1 aromatic carbocycles. The first-order valence-corrected chi connectivity index (χ1v) is 4.67. The van der Waals surface area contributed by atoms with E-state index < -0.39 is 5.97 Å². The van der Waals surface area contributed by atoms with Gasteiger partial charge in [-0.1, -0.05) is 0 Å². The van der Waals surface area contributed by atoms with E-state index in [1.54, 1.807) is 6.07 Å². The Bertz CT molecular complexity index is 451. The lowest BCUT2D eigenvalue weighted by Crippen LogP contribution is -2.07. The minimum absolute atomic E-state index is 0.0650. The highest BCUT2D eigenvalue weighted by molar-refractivity contribution is 6.04. The highest BCUT2D eigenvalue weighted by atomic mass is 16.5. The average molecular weight is 205 g/mol. The predicted octanol–water partition coefficient (Wildman–Crippen LogP) is 1.18. The molecule has 0 radical (unpaired) electrons. The summed E-state index contributed by atoms with van der Waals surface area (Å²) >= 11 is 0. The molecule has 1 aromatic rings. The zero-order valence-electron chi connectivity index (χ0n) is 8.37. The Morgan fingerprint density at radius 2 is 2.13 bits per heavy atom. The van der Waals surface area contributed by atoms with Crippen LogP contribution in [-0.4, -0.2) is 18.9 Å². The number of ketones is 1. The fourth-order valence-corrected chi connectivity index (χ4v) is 1.80. The zero-order chi connectivity index (χ0) is 11.0. The van der Waals surface area contributed by atoms with Gasteiger partial charge in [-0.05, 0) is 24.1 Å². The van der Waals surface area contributed by atoms with Crippen molar-refractivity contribution in [2.45, 2.75) is 12.8 Å². The van der Waals surface area contributed by atoms with Crippen LogP contribution in [0, 0.1) is 0 Å². The first kappa shape index (κ1) is 9.71. The van der Waals surface area contributed by atoms with E-state index in [2.05, 4.69) is 4.74 Å². The molecule has 1 aliphatic carbocycles. The molecule has 2 rings (SSSR count). The molecule has 1 aliphatic rings. The molecule has 15 heavy (non-hydrogen) atoms. The van der Waals surface area contributed by atoms with Crippen molar-refractivity contribution in [3.63, 3.8) is 0 Å². The number of esters is 1. The van der Waals surface area contributed by atoms with Gasteiger partial charge in [0.1, 0.15) is 0 Å². The van der Waals surface area contributed by atoms with Gasteiger partial charge >= 0.3 is 5.97 Å². The van der Waals surface area contributed by atoms with Crippen molar-refractivity contribution in [3.05, 3.63) is 28.8 Å². The number of ether oxygens (including phenoxy) is 1. The maximum atomic E-state index is 11.4. The number of benzene rings is 1. The number of anilines is 1. The lowest BCUT2D eigenvalue weighted by molar-refractivity contribution is 0.0602. The SMILES string of the molecule is COC(=O)c1cc2c(cc1N)CCC2=O. The molecule has 0 saturated heterocycles. The zero-order valence-corrected chi connectivity index (χ0v) is 8.37. The number of carbonyl (C=O) groups is 2. The number of nitrogen functional groups attached to an aromatic ring is 1.